The van der Waals surface area contributed by atoms with Crippen LogP contribution in [0.2, 0.25) is 0 Å². The molecule has 0 aliphatic heterocycles. The molecule has 1 aromatic carbocycles. The van der Waals surface area contributed by atoms with E-state index in [0.29, 0.717) is 5.69 Å². The van der Waals surface area contributed by atoms with Crippen LogP contribution in [0.15, 0.2) is 24.3 Å². The van der Waals surface area contributed by atoms with Gasteiger partial charge in [-0.2, -0.15) is 0 Å². The smallest absolute Gasteiger partial charge is 0.232 e. The van der Waals surface area contributed by atoms with Crippen molar-refractivity contribution >= 4 is 15.7 Å². The predicted molar refractivity (Wildman–Crippen MR) is 71.3 cm³/mol. The average molecular weight is 256 g/mol. The van der Waals surface area contributed by atoms with Crippen LogP contribution in [0.3, 0.4) is 0 Å². The van der Waals surface area contributed by atoms with Crippen LogP contribution in [-0.4, -0.2) is 14.2 Å². The number of nitrogens with two attached hydrogens (primary N) is 1. The number of hydrogen-bond acceptors (Lipinski definition) is 3. The highest BCUT2D eigenvalue weighted by molar-refractivity contribution is 7.92. The maximum Gasteiger partial charge on any atom is 0.232 e. The standard InChI is InChI=1S/C12H20N2O2S/c1-9(2)8-17(15,16)14-12-7-5-4-6-11(12)10(3)13/h4-7,9-10,14H,8,13H2,1-3H3. The van der Waals surface area contributed by atoms with Crippen molar-refractivity contribution in [2.45, 2.75) is 26.8 Å². The van der Waals surface area contributed by atoms with E-state index in [4.69, 9.17) is 5.73 Å². The molecule has 1 rings (SSSR count). The van der Waals surface area contributed by atoms with Crippen LogP contribution in [0, 0.1) is 5.92 Å². The molecular weight excluding hydrogens is 236 g/mol. The first-order valence-corrected chi connectivity index (χ1v) is 7.32. The summed E-state index contributed by atoms with van der Waals surface area (Å²) < 4.78 is 26.3. The van der Waals surface area contributed by atoms with E-state index in [-0.39, 0.29) is 17.7 Å². The third-order valence-corrected chi connectivity index (χ3v) is 3.91. The summed E-state index contributed by atoms with van der Waals surface area (Å²) in [5.41, 5.74) is 7.18. The molecule has 0 aliphatic carbocycles. The van der Waals surface area contributed by atoms with E-state index >= 15 is 0 Å². The SMILES string of the molecule is CC(C)CS(=O)(=O)Nc1ccccc1C(C)N. The molecule has 0 saturated carbocycles. The second kappa shape index (κ2) is 5.51. The van der Waals surface area contributed by atoms with Crippen LogP contribution in [0.4, 0.5) is 5.69 Å². The fraction of sp³-hybridized carbons (Fsp3) is 0.500. The Labute approximate surface area is 103 Å². The Hall–Kier alpha value is -1.07. The van der Waals surface area contributed by atoms with E-state index in [0.717, 1.165) is 5.56 Å². The Balaban J connectivity index is 2.96. The molecule has 1 unspecified atom stereocenters. The van der Waals surface area contributed by atoms with E-state index in [1.807, 2.05) is 32.9 Å². The Morgan fingerprint density at radius 3 is 2.35 bits per heavy atom. The number of para-hydroxylation sites is 1. The van der Waals surface area contributed by atoms with Crippen molar-refractivity contribution in [2.24, 2.45) is 11.7 Å². The molecule has 1 atom stereocenters. The lowest BCUT2D eigenvalue weighted by Gasteiger charge is -2.15. The summed E-state index contributed by atoms with van der Waals surface area (Å²) in [4.78, 5) is 0. The zero-order chi connectivity index (χ0) is 13.1. The van der Waals surface area contributed by atoms with Crippen molar-refractivity contribution in [1.82, 2.24) is 0 Å². The largest absolute Gasteiger partial charge is 0.324 e. The molecule has 5 heteroatoms. The second-order valence-corrected chi connectivity index (χ2v) is 6.42. The highest BCUT2D eigenvalue weighted by Crippen LogP contribution is 2.22. The molecule has 0 bridgehead atoms. The predicted octanol–water partition coefficient (Wildman–Crippen LogP) is 2.10. The van der Waals surface area contributed by atoms with Gasteiger partial charge in [0.1, 0.15) is 0 Å². The van der Waals surface area contributed by atoms with Crippen molar-refractivity contribution in [1.29, 1.82) is 0 Å². The van der Waals surface area contributed by atoms with E-state index in [1.54, 1.807) is 12.1 Å². The van der Waals surface area contributed by atoms with Crippen molar-refractivity contribution in [3.8, 4) is 0 Å². The first-order valence-electron chi connectivity index (χ1n) is 5.67. The Kier molecular flexibility index (Phi) is 4.54. The van der Waals surface area contributed by atoms with Gasteiger partial charge in [0.05, 0.1) is 11.4 Å². The first kappa shape index (κ1) is 14.0. The number of anilines is 1. The Bertz CT molecular complexity index is 467. The Morgan fingerprint density at radius 2 is 1.82 bits per heavy atom. The van der Waals surface area contributed by atoms with E-state index in [2.05, 4.69) is 4.72 Å². The van der Waals surface area contributed by atoms with Crippen molar-refractivity contribution in [2.75, 3.05) is 10.5 Å². The normalized spacial score (nSPS) is 13.7. The summed E-state index contributed by atoms with van der Waals surface area (Å²) in [7, 11) is -3.30. The van der Waals surface area contributed by atoms with Crippen LogP contribution >= 0.6 is 0 Å². The van der Waals surface area contributed by atoms with Gasteiger partial charge in [0, 0.05) is 6.04 Å². The molecule has 0 radical (unpaired) electrons. The maximum atomic E-state index is 11.8. The van der Waals surface area contributed by atoms with Gasteiger partial charge >= 0.3 is 0 Å². The van der Waals surface area contributed by atoms with Gasteiger partial charge in [0.15, 0.2) is 0 Å². The van der Waals surface area contributed by atoms with Gasteiger partial charge in [-0.25, -0.2) is 8.42 Å². The number of sulfonamides is 1. The van der Waals surface area contributed by atoms with E-state index in [1.165, 1.54) is 0 Å². The van der Waals surface area contributed by atoms with Gasteiger partial charge in [0.25, 0.3) is 0 Å². The minimum absolute atomic E-state index is 0.0926. The lowest BCUT2D eigenvalue weighted by Crippen LogP contribution is -2.21. The average Bonchev–Trinajstić information content (AvgIpc) is 2.14. The zero-order valence-electron chi connectivity index (χ0n) is 10.5. The zero-order valence-corrected chi connectivity index (χ0v) is 11.3. The highest BCUT2D eigenvalue weighted by atomic mass is 32.2. The van der Waals surface area contributed by atoms with Gasteiger partial charge in [-0.1, -0.05) is 32.0 Å². The minimum atomic E-state index is -3.30. The Morgan fingerprint density at radius 1 is 1.24 bits per heavy atom. The molecule has 17 heavy (non-hydrogen) atoms. The molecule has 96 valence electrons. The van der Waals surface area contributed by atoms with Gasteiger partial charge in [-0.05, 0) is 24.5 Å². The summed E-state index contributed by atoms with van der Waals surface area (Å²) in [6, 6.07) is 7.00. The summed E-state index contributed by atoms with van der Waals surface area (Å²) >= 11 is 0. The monoisotopic (exact) mass is 256 g/mol. The summed E-state index contributed by atoms with van der Waals surface area (Å²) in [5.74, 6) is 0.204. The summed E-state index contributed by atoms with van der Waals surface area (Å²) in [5, 5.41) is 0. The van der Waals surface area contributed by atoms with E-state index < -0.39 is 10.0 Å². The molecule has 0 fully saturated rings. The van der Waals surface area contributed by atoms with Crippen LogP contribution in [0.5, 0.6) is 0 Å². The second-order valence-electron chi connectivity index (χ2n) is 4.65. The van der Waals surface area contributed by atoms with Crippen LogP contribution in [0.1, 0.15) is 32.4 Å². The fourth-order valence-electron chi connectivity index (χ4n) is 1.64. The molecule has 0 aliphatic rings. The van der Waals surface area contributed by atoms with Gasteiger partial charge in [0.2, 0.25) is 10.0 Å². The third-order valence-electron chi connectivity index (χ3n) is 2.27. The van der Waals surface area contributed by atoms with Crippen LogP contribution in [0.25, 0.3) is 0 Å². The van der Waals surface area contributed by atoms with Gasteiger partial charge in [-0.15, -0.1) is 0 Å². The minimum Gasteiger partial charge on any atom is -0.324 e. The van der Waals surface area contributed by atoms with Crippen LogP contribution in [-0.2, 0) is 10.0 Å². The van der Waals surface area contributed by atoms with Crippen molar-refractivity contribution in [3.63, 3.8) is 0 Å². The maximum absolute atomic E-state index is 11.8. The molecule has 4 nitrogen and oxygen atoms in total. The van der Waals surface area contributed by atoms with Crippen LogP contribution < -0.4 is 10.5 Å². The lowest BCUT2D eigenvalue weighted by atomic mass is 10.1. The molecule has 0 heterocycles. The molecule has 0 amide bonds. The molecule has 1 aromatic rings. The third kappa shape index (κ3) is 4.36. The topological polar surface area (TPSA) is 72.2 Å². The molecule has 0 spiro atoms. The summed E-state index contributed by atoms with van der Waals surface area (Å²) in [6.07, 6.45) is 0. The quantitative estimate of drug-likeness (QED) is 0.847. The summed E-state index contributed by atoms with van der Waals surface area (Å²) in [6.45, 7) is 5.57. The van der Waals surface area contributed by atoms with Gasteiger partial charge < -0.3 is 5.73 Å². The number of rotatable bonds is 5. The highest BCUT2D eigenvalue weighted by Gasteiger charge is 2.15. The van der Waals surface area contributed by atoms with Crippen molar-refractivity contribution in [3.05, 3.63) is 29.8 Å². The first-order chi connectivity index (χ1) is 7.82. The fourth-order valence-corrected chi connectivity index (χ4v) is 3.12. The number of nitrogens with one attached hydrogen (secondary N) is 1. The molecule has 0 aromatic heterocycles. The van der Waals surface area contributed by atoms with E-state index in [9.17, 15) is 8.42 Å². The number of benzene rings is 1. The molecule has 3 N–H and O–H groups in total. The molecular formula is C12H20N2O2S. The number of hydrogen-bond donors (Lipinski definition) is 2. The lowest BCUT2D eigenvalue weighted by molar-refractivity contribution is 0.587. The van der Waals surface area contributed by atoms with Gasteiger partial charge in [-0.3, -0.25) is 4.72 Å². The van der Waals surface area contributed by atoms with Crippen molar-refractivity contribution < 1.29 is 8.42 Å². The molecule has 0 saturated heterocycles.